The van der Waals surface area contributed by atoms with Crippen molar-refractivity contribution < 1.29 is 10.2 Å². The first-order valence-corrected chi connectivity index (χ1v) is 9.69. The Labute approximate surface area is 158 Å². The van der Waals surface area contributed by atoms with Gasteiger partial charge in [0.15, 0.2) is 0 Å². The highest BCUT2D eigenvalue weighted by Crippen LogP contribution is 2.40. The number of phenolic OH excluding ortho intramolecular Hbond substituents is 1. The van der Waals surface area contributed by atoms with Crippen molar-refractivity contribution in [1.29, 1.82) is 0 Å². The Morgan fingerprint density at radius 3 is 2.64 bits per heavy atom. The van der Waals surface area contributed by atoms with Gasteiger partial charge >= 0.3 is 0 Å². The highest BCUT2D eigenvalue weighted by atomic mass is 35.5. The molecule has 0 unspecified atom stereocenters. The van der Waals surface area contributed by atoms with E-state index in [1.165, 1.54) is 31.2 Å². The summed E-state index contributed by atoms with van der Waals surface area (Å²) in [7, 11) is 0. The fourth-order valence-corrected chi connectivity index (χ4v) is 4.70. The molecule has 25 heavy (non-hydrogen) atoms. The zero-order valence-electron chi connectivity index (χ0n) is 15.7. The number of aliphatic hydroxyl groups excluding tert-OH is 1. The largest absolute Gasteiger partial charge is 0.508 e. The molecule has 2 N–H and O–H groups in total. The Hall–Kier alpha value is -0.770. The Bertz CT molecular complexity index is 546. The molecule has 2 fully saturated rings. The van der Waals surface area contributed by atoms with Gasteiger partial charge in [-0.1, -0.05) is 38.8 Å². The molecule has 0 bridgehead atoms. The van der Waals surface area contributed by atoms with Crippen molar-refractivity contribution in [2.24, 2.45) is 11.8 Å². The highest BCUT2D eigenvalue weighted by Gasteiger charge is 2.38. The monoisotopic (exact) mass is 367 g/mol. The molecule has 3 nitrogen and oxygen atoms in total. The van der Waals surface area contributed by atoms with Gasteiger partial charge in [-0.25, -0.2) is 0 Å². The van der Waals surface area contributed by atoms with Crippen molar-refractivity contribution in [3.8, 4) is 5.75 Å². The molecule has 1 heterocycles. The van der Waals surface area contributed by atoms with Crippen LogP contribution in [0.15, 0.2) is 24.3 Å². The molecule has 3 rings (SSSR count). The lowest BCUT2D eigenvalue weighted by Crippen LogP contribution is -2.48. The van der Waals surface area contributed by atoms with Crippen LogP contribution < -0.4 is 0 Å². The van der Waals surface area contributed by atoms with E-state index in [9.17, 15) is 10.2 Å². The van der Waals surface area contributed by atoms with Crippen LogP contribution in [0.4, 0.5) is 0 Å². The third-order valence-electron chi connectivity index (χ3n) is 6.76. The van der Waals surface area contributed by atoms with Crippen molar-refractivity contribution >= 4 is 12.4 Å². The van der Waals surface area contributed by atoms with Crippen LogP contribution in [-0.2, 0) is 5.41 Å². The summed E-state index contributed by atoms with van der Waals surface area (Å²) in [6, 6.07) is 7.77. The van der Waals surface area contributed by atoms with E-state index in [-0.39, 0.29) is 23.9 Å². The smallest absolute Gasteiger partial charge is 0.115 e. The predicted molar refractivity (Wildman–Crippen MR) is 106 cm³/mol. The maximum Gasteiger partial charge on any atom is 0.115 e. The minimum Gasteiger partial charge on any atom is -0.508 e. The predicted octanol–water partition coefficient (Wildman–Crippen LogP) is 4.35. The van der Waals surface area contributed by atoms with Crippen molar-refractivity contribution in [2.75, 3.05) is 19.6 Å². The second kappa shape index (κ2) is 8.75. The van der Waals surface area contributed by atoms with Gasteiger partial charge in [0, 0.05) is 13.1 Å². The molecule has 3 atom stereocenters. The Morgan fingerprint density at radius 2 is 2.00 bits per heavy atom. The van der Waals surface area contributed by atoms with E-state index in [1.54, 1.807) is 6.07 Å². The van der Waals surface area contributed by atoms with Crippen LogP contribution >= 0.6 is 12.4 Å². The SMILES string of the molecule is C[C@H]1CN(CC[C@@H](O)C2CCCC2)CC[C@]1(C)c1cccc(O)c1.Cl. The molecular formula is C21H34ClNO2. The number of rotatable bonds is 5. The number of nitrogens with zero attached hydrogens (tertiary/aromatic N) is 1. The second-order valence-corrected chi connectivity index (χ2v) is 8.32. The van der Waals surface area contributed by atoms with E-state index < -0.39 is 0 Å². The van der Waals surface area contributed by atoms with Crippen molar-refractivity contribution in [3.63, 3.8) is 0 Å². The van der Waals surface area contributed by atoms with Crippen LogP contribution in [0, 0.1) is 11.8 Å². The first kappa shape index (κ1) is 20.5. The maximum atomic E-state index is 10.4. The van der Waals surface area contributed by atoms with E-state index in [0.717, 1.165) is 32.5 Å². The third kappa shape index (κ3) is 4.69. The van der Waals surface area contributed by atoms with Crippen LogP contribution in [0.2, 0.25) is 0 Å². The Kier molecular flexibility index (Phi) is 7.19. The van der Waals surface area contributed by atoms with E-state index in [1.807, 2.05) is 12.1 Å². The quantitative estimate of drug-likeness (QED) is 0.812. The molecule has 2 aliphatic rings. The van der Waals surface area contributed by atoms with E-state index in [0.29, 0.717) is 17.6 Å². The number of hydrogen-bond donors (Lipinski definition) is 2. The highest BCUT2D eigenvalue weighted by molar-refractivity contribution is 5.85. The molecule has 4 heteroatoms. The molecule has 1 aromatic rings. The molecule has 1 aliphatic carbocycles. The molecule has 0 radical (unpaired) electrons. The lowest BCUT2D eigenvalue weighted by atomic mass is 9.68. The van der Waals surface area contributed by atoms with Crippen LogP contribution in [0.3, 0.4) is 0 Å². The van der Waals surface area contributed by atoms with Crippen LogP contribution in [0.25, 0.3) is 0 Å². The molecule has 1 saturated heterocycles. The summed E-state index contributed by atoms with van der Waals surface area (Å²) >= 11 is 0. The Balaban J connectivity index is 0.00000225. The van der Waals surface area contributed by atoms with Gasteiger partial charge in [0.25, 0.3) is 0 Å². The topological polar surface area (TPSA) is 43.7 Å². The number of hydrogen-bond acceptors (Lipinski definition) is 3. The molecule has 0 amide bonds. The number of piperidine rings is 1. The summed E-state index contributed by atoms with van der Waals surface area (Å²) in [5.41, 5.74) is 1.37. The number of aliphatic hydroxyl groups is 1. The number of benzene rings is 1. The number of aromatic hydroxyl groups is 1. The van der Waals surface area contributed by atoms with Gasteiger partial charge in [-0.3, -0.25) is 0 Å². The minimum absolute atomic E-state index is 0. The second-order valence-electron chi connectivity index (χ2n) is 8.32. The standard InChI is InChI=1S/C21H33NO2.ClH/c1-16-15-22(12-10-20(24)17-6-3-4-7-17)13-11-21(16,2)18-8-5-9-19(23)14-18;/h5,8-9,14,16-17,20,23-24H,3-4,6-7,10-13,15H2,1-2H3;1H/t16-,20+,21-;/m0./s1. The van der Waals surface area contributed by atoms with Gasteiger partial charge in [-0.15, -0.1) is 12.4 Å². The molecule has 0 aromatic heterocycles. The van der Waals surface area contributed by atoms with E-state index >= 15 is 0 Å². The third-order valence-corrected chi connectivity index (χ3v) is 6.76. The maximum absolute atomic E-state index is 10.4. The number of halogens is 1. The zero-order chi connectivity index (χ0) is 17.2. The molecule has 1 aliphatic heterocycles. The van der Waals surface area contributed by atoms with Crippen molar-refractivity contribution in [1.82, 2.24) is 4.90 Å². The lowest BCUT2D eigenvalue weighted by Gasteiger charge is -2.45. The van der Waals surface area contributed by atoms with Crippen LogP contribution in [-0.4, -0.2) is 40.9 Å². The van der Waals surface area contributed by atoms with Crippen LogP contribution in [0.5, 0.6) is 5.75 Å². The number of phenols is 1. The average molecular weight is 368 g/mol. The molecular weight excluding hydrogens is 334 g/mol. The summed E-state index contributed by atoms with van der Waals surface area (Å²) in [4.78, 5) is 2.52. The van der Waals surface area contributed by atoms with Gasteiger partial charge in [-0.05, 0) is 67.2 Å². The van der Waals surface area contributed by atoms with Crippen LogP contribution in [0.1, 0.15) is 57.9 Å². The molecule has 1 saturated carbocycles. The molecule has 1 aromatic carbocycles. The summed E-state index contributed by atoms with van der Waals surface area (Å²) in [5.74, 6) is 1.45. The van der Waals surface area contributed by atoms with Gasteiger partial charge in [0.05, 0.1) is 6.10 Å². The van der Waals surface area contributed by atoms with Gasteiger partial charge in [0.2, 0.25) is 0 Å². The van der Waals surface area contributed by atoms with E-state index in [2.05, 4.69) is 24.8 Å². The fourth-order valence-electron chi connectivity index (χ4n) is 4.70. The van der Waals surface area contributed by atoms with Crippen molar-refractivity contribution in [2.45, 2.75) is 63.9 Å². The lowest BCUT2D eigenvalue weighted by molar-refractivity contribution is 0.0635. The normalized spacial score (nSPS) is 29.3. The molecule has 0 spiro atoms. The van der Waals surface area contributed by atoms with Gasteiger partial charge in [-0.2, -0.15) is 0 Å². The Morgan fingerprint density at radius 1 is 1.28 bits per heavy atom. The van der Waals surface area contributed by atoms with Gasteiger partial charge < -0.3 is 15.1 Å². The van der Waals surface area contributed by atoms with E-state index in [4.69, 9.17) is 0 Å². The van der Waals surface area contributed by atoms with Crippen molar-refractivity contribution in [3.05, 3.63) is 29.8 Å². The minimum atomic E-state index is -0.109. The average Bonchev–Trinajstić information content (AvgIpc) is 3.10. The number of likely N-dealkylation sites (tertiary alicyclic amines) is 1. The fraction of sp³-hybridized carbons (Fsp3) is 0.714. The van der Waals surface area contributed by atoms with Gasteiger partial charge in [0.1, 0.15) is 5.75 Å². The zero-order valence-corrected chi connectivity index (χ0v) is 16.5. The first-order valence-electron chi connectivity index (χ1n) is 9.69. The summed E-state index contributed by atoms with van der Waals surface area (Å²) < 4.78 is 0. The summed E-state index contributed by atoms with van der Waals surface area (Å²) in [6.07, 6.45) is 6.94. The summed E-state index contributed by atoms with van der Waals surface area (Å²) in [6.45, 7) is 7.82. The summed E-state index contributed by atoms with van der Waals surface area (Å²) in [5, 5.41) is 20.2. The molecule has 142 valence electrons. The first-order chi connectivity index (χ1) is 11.5.